The van der Waals surface area contributed by atoms with Gasteiger partial charge in [0.15, 0.2) is 0 Å². The van der Waals surface area contributed by atoms with Gasteiger partial charge in [-0.05, 0) is 42.9 Å². The Morgan fingerprint density at radius 3 is 2.77 bits per heavy atom. The molecule has 1 saturated carbocycles. The number of rotatable bonds is 1. The number of aliphatic hydroxyl groups excluding tert-OH is 1. The fraction of sp³-hybridized carbons (Fsp3) is 0.455. The van der Waals surface area contributed by atoms with Crippen molar-refractivity contribution in [1.29, 1.82) is 0 Å². The van der Waals surface area contributed by atoms with Crippen molar-refractivity contribution >= 4 is 15.9 Å². The van der Waals surface area contributed by atoms with E-state index in [0.717, 1.165) is 23.7 Å². The quantitative estimate of drug-likeness (QED) is 0.801. The van der Waals surface area contributed by atoms with Crippen LogP contribution in [0.4, 0.5) is 0 Å². The van der Waals surface area contributed by atoms with E-state index in [0.29, 0.717) is 5.92 Å². The van der Waals surface area contributed by atoms with Gasteiger partial charge in [-0.25, -0.2) is 0 Å². The summed E-state index contributed by atoms with van der Waals surface area (Å²) in [7, 11) is 0. The van der Waals surface area contributed by atoms with Crippen molar-refractivity contribution < 1.29 is 5.11 Å². The van der Waals surface area contributed by atoms with Crippen LogP contribution in [-0.2, 0) is 0 Å². The van der Waals surface area contributed by atoms with Crippen LogP contribution in [0, 0.1) is 0 Å². The fourth-order valence-corrected chi connectivity index (χ4v) is 2.44. The summed E-state index contributed by atoms with van der Waals surface area (Å²) in [5.74, 6) is 0.562. The standard InChI is InChI=1S/C11H13BrO/c12-10-3-1-2-8(6-10)9-4-5-11(13)7-9/h1-3,6,9,11,13H,4-5,7H2/t9-,11?/m0/s1. The molecule has 1 aromatic carbocycles. The molecule has 1 aromatic rings. The van der Waals surface area contributed by atoms with Gasteiger partial charge in [0.05, 0.1) is 6.10 Å². The summed E-state index contributed by atoms with van der Waals surface area (Å²) in [4.78, 5) is 0. The van der Waals surface area contributed by atoms with Gasteiger partial charge in [0.25, 0.3) is 0 Å². The average molecular weight is 241 g/mol. The molecule has 1 N–H and O–H groups in total. The van der Waals surface area contributed by atoms with Crippen molar-refractivity contribution in [2.45, 2.75) is 31.3 Å². The van der Waals surface area contributed by atoms with Crippen LogP contribution in [0.25, 0.3) is 0 Å². The van der Waals surface area contributed by atoms with Crippen molar-refractivity contribution in [2.75, 3.05) is 0 Å². The second kappa shape index (κ2) is 3.81. The molecule has 2 heteroatoms. The molecule has 70 valence electrons. The first kappa shape index (κ1) is 9.22. The lowest BCUT2D eigenvalue weighted by molar-refractivity contribution is 0.181. The van der Waals surface area contributed by atoms with E-state index in [2.05, 4.69) is 34.1 Å². The van der Waals surface area contributed by atoms with E-state index < -0.39 is 0 Å². The Labute approximate surface area is 86.9 Å². The first-order valence-corrected chi connectivity index (χ1v) is 5.48. The highest BCUT2D eigenvalue weighted by Gasteiger charge is 2.23. The number of benzene rings is 1. The molecule has 0 spiro atoms. The van der Waals surface area contributed by atoms with Gasteiger partial charge in [0.1, 0.15) is 0 Å². The Bertz CT molecular complexity index is 298. The Hall–Kier alpha value is -0.340. The Balaban J connectivity index is 2.16. The van der Waals surface area contributed by atoms with Crippen LogP contribution in [-0.4, -0.2) is 11.2 Å². The van der Waals surface area contributed by atoms with Crippen LogP contribution in [0.5, 0.6) is 0 Å². The molecule has 13 heavy (non-hydrogen) atoms. The topological polar surface area (TPSA) is 20.2 Å². The zero-order chi connectivity index (χ0) is 9.26. The van der Waals surface area contributed by atoms with E-state index in [9.17, 15) is 5.11 Å². The highest BCUT2D eigenvalue weighted by molar-refractivity contribution is 9.10. The van der Waals surface area contributed by atoms with Crippen molar-refractivity contribution in [2.24, 2.45) is 0 Å². The molecule has 0 radical (unpaired) electrons. The molecule has 0 bridgehead atoms. The zero-order valence-corrected chi connectivity index (χ0v) is 9.00. The minimum Gasteiger partial charge on any atom is -0.393 e. The second-order valence-electron chi connectivity index (χ2n) is 3.72. The van der Waals surface area contributed by atoms with Gasteiger partial charge in [-0.1, -0.05) is 28.1 Å². The van der Waals surface area contributed by atoms with Gasteiger partial charge in [-0.2, -0.15) is 0 Å². The molecule has 1 fully saturated rings. The predicted octanol–water partition coefficient (Wildman–Crippen LogP) is 3.08. The van der Waals surface area contributed by atoms with Gasteiger partial charge in [0.2, 0.25) is 0 Å². The Kier molecular flexibility index (Phi) is 2.70. The summed E-state index contributed by atoms with van der Waals surface area (Å²) in [6.45, 7) is 0. The Morgan fingerprint density at radius 1 is 1.31 bits per heavy atom. The first-order chi connectivity index (χ1) is 6.25. The van der Waals surface area contributed by atoms with Gasteiger partial charge >= 0.3 is 0 Å². The molecule has 1 unspecified atom stereocenters. The van der Waals surface area contributed by atoms with Crippen LogP contribution in [0.3, 0.4) is 0 Å². The van der Waals surface area contributed by atoms with E-state index in [1.54, 1.807) is 0 Å². The van der Waals surface area contributed by atoms with E-state index >= 15 is 0 Å². The minimum atomic E-state index is -0.0796. The van der Waals surface area contributed by atoms with E-state index in [1.807, 2.05) is 6.07 Å². The maximum Gasteiger partial charge on any atom is 0.0546 e. The van der Waals surface area contributed by atoms with E-state index in [4.69, 9.17) is 0 Å². The molecule has 0 heterocycles. The second-order valence-corrected chi connectivity index (χ2v) is 4.63. The molecule has 1 aliphatic carbocycles. The van der Waals surface area contributed by atoms with Gasteiger partial charge in [-0.3, -0.25) is 0 Å². The minimum absolute atomic E-state index is 0.0796. The SMILES string of the molecule is OC1CC[C@H](c2cccc(Br)c2)C1. The van der Waals surface area contributed by atoms with Gasteiger partial charge < -0.3 is 5.11 Å². The smallest absolute Gasteiger partial charge is 0.0546 e. The molecule has 0 aromatic heterocycles. The molecular formula is C11H13BrO. The summed E-state index contributed by atoms with van der Waals surface area (Å²) < 4.78 is 1.13. The molecular weight excluding hydrogens is 228 g/mol. The van der Waals surface area contributed by atoms with Crippen molar-refractivity contribution in [3.05, 3.63) is 34.3 Å². The fourth-order valence-electron chi connectivity index (χ4n) is 2.02. The lowest BCUT2D eigenvalue weighted by atomic mass is 9.98. The Morgan fingerprint density at radius 2 is 2.15 bits per heavy atom. The molecule has 0 saturated heterocycles. The maximum atomic E-state index is 9.42. The summed E-state index contributed by atoms with van der Waals surface area (Å²) in [6.07, 6.45) is 2.93. The van der Waals surface area contributed by atoms with Gasteiger partial charge in [0, 0.05) is 4.47 Å². The molecule has 2 atom stereocenters. The van der Waals surface area contributed by atoms with Gasteiger partial charge in [-0.15, -0.1) is 0 Å². The number of hydrogen-bond donors (Lipinski definition) is 1. The van der Waals surface area contributed by atoms with Crippen LogP contribution < -0.4 is 0 Å². The number of halogens is 1. The third-order valence-corrected chi connectivity index (χ3v) is 3.22. The third-order valence-electron chi connectivity index (χ3n) is 2.73. The number of hydrogen-bond acceptors (Lipinski definition) is 1. The molecule has 2 rings (SSSR count). The molecule has 0 aliphatic heterocycles. The monoisotopic (exact) mass is 240 g/mol. The lowest BCUT2D eigenvalue weighted by Crippen LogP contribution is -1.99. The van der Waals surface area contributed by atoms with Crippen molar-refractivity contribution in [3.8, 4) is 0 Å². The predicted molar refractivity (Wildman–Crippen MR) is 56.7 cm³/mol. The lowest BCUT2D eigenvalue weighted by Gasteiger charge is -2.09. The third kappa shape index (κ3) is 2.12. The van der Waals surface area contributed by atoms with Crippen LogP contribution in [0.2, 0.25) is 0 Å². The summed E-state index contributed by atoms with van der Waals surface area (Å²) in [6, 6.07) is 8.40. The van der Waals surface area contributed by atoms with Crippen molar-refractivity contribution in [3.63, 3.8) is 0 Å². The molecule has 0 amide bonds. The summed E-state index contributed by atoms with van der Waals surface area (Å²) in [5, 5.41) is 9.42. The van der Waals surface area contributed by atoms with Crippen LogP contribution in [0.1, 0.15) is 30.7 Å². The molecule has 1 aliphatic rings. The first-order valence-electron chi connectivity index (χ1n) is 4.69. The highest BCUT2D eigenvalue weighted by Crippen LogP contribution is 2.35. The van der Waals surface area contributed by atoms with Crippen LogP contribution >= 0.6 is 15.9 Å². The summed E-state index contributed by atoms with van der Waals surface area (Å²) in [5.41, 5.74) is 1.35. The highest BCUT2D eigenvalue weighted by atomic mass is 79.9. The number of aliphatic hydroxyl groups is 1. The summed E-state index contributed by atoms with van der Waals surface area (Å²) >= 11 is 3.46. The molecule has 1 nitrogen and oxygen atoms in total. The van der Waals surface area contributed by atoms with Crippen LogP contribution in [0.15, 0.2) is 28.7 Å². The largest absolute Gasteiger partial charge is 0.393 e. The average Bonchev–Trinajstić information content (AvgIpc) is 2.52. The van der Waals surface area contributed by atoms with Crippen molar-refractivity contribution in [1.82, 2.24) is 0 Å². The zero-order valence-electron chi connectivity index (χ0n) is 7.41. The normalized spacial score (nSPS) is 27.8. The van der Waals surface area contributed by atoms with E-state index in [-0.39, 0.29) is 6.10 Å². The van der Waals surface area contributed by atoms with E-state index in [1.165, 1.54) is 5.56 Å². The maximum absolute atomic E-state index is 9.42.